The number of fused-ring (bicyclic) bond motifs is 2. The molecule has 1 aliphatic heterocycles. The molecule has 188 valence electrons. The van der Waals surface area contributed by atoms with Crippen LogP contribution in [0.4, 0.5) is 0 Å². The summed E-state index contributed by atoms with van der Waals surface area (Å²) in [4.78, 5) is 41.5. The number of nitrogens with zero attached hydrogens (tertiary/aromatic N) is 3. The Hall–Kier alpha value is -3.02. The molecule has 0 unspecified atom stereocenters. The Bertz CT molecular complexity index is 1340. The summed E-state index contributed by atoms with van der Waals surface area (Å²) in [6.45, 7) is 9.43. The van der Waals surface area contributed by atoms with Gasteiger partial charge < -0.3 is 10.3 Å². The van der Waals surface area contributed by atoms with Crippen LogP contribution in [0, 0.1) is 24.8 Å². The second-order valence-corrected chi connectivity index (χ2v) is 11.6. The molecule has 1 aromatic carbocycles. The van der Waals surface area contributed by atoms with Crippen LogP contribution in [-0.4, -0.2) is 45.8 Å². The largest absolute Gasteiger partial charge is 0.563 e. The predicted molar refractivity (Wildman–Crippen MR) is 144 cm³/mol. The molecular formula is C28H34N5O2S+. The summed E-state index contributed by atoms with van der Waals surface area (Å²) in [7, 11) is 0. The Balaban J connectivity index is 1.25. The van der Waals surface area contributed by atoms with E-state index in [4.69, 9.17) is 0 Å². The molecule has 0 saturated heterocycles. The van der Waals surface area contributed by atoms with E-state index in [1.54, 1.807) is 0 Å². The van der Waals surface area contributed by atoms with Crippen molar-refractivity contribution >= 4 is 34.1 Å². The Labute approximate surface area is 216 Å². The van der Waals surface area contributed by atoms with Gasteiger partial charge in [-0.15, -0.1) is 11.3 Å². The zero-order valence-corrected chi connectivity index (χ0v) is 22.1. The molecule has 2 amide bonds. The molecule has 5 rings (SSSR count). The summed E-state index contributed by atoms with van der Waals surface area (Å²) in [5, 5.41) is 4.72. The van der Waals surface area contributed by atoms with Crippen LogP contribution in [0.1, 0.15) is 76.0 Å². The molecule has 8 heteroatoms. The number of carbonyl (C=O) groups is 2. The van der Waals surface area contributed by atoms with Gasteiger partial charge in [-0.1, -0.05) is 38.3 Å². The summed E-state index contributed by atoms with van der Waals surface area (Å²) in [6.07, 6.45) is 4.68. The fraction of sp³-hybridized carbons (Fsp3) is 0.500. The van der Waals surface area contributed by atoms with E-state index in [0.717, 1.165) is 73.9 Å². The van der Waals surface area contributed by atoms with Gasteiger partial charge in [0, 0.05) is 52.7 Å². The van der Waals surface area contributed by atoms with Crippen LogP contribution in [0.25, 0.3) is 15.7 Å². The van der Waals surface area contributed by atoms with Crippen molar-refractivity contribution in [2.75, 3.05) is 13.1 Å². The molecule has 2 N–H and O–H groups in total. The van der Waals surface area contributed by atoms with Gasteiger partial charge in [0.15, 0.2) is 10.7 Å². The molecule has 2 atom stereocenters. The van der Waals surface area contributed by atoms with Gasteiger partial charge in [0.25, 0.3) is 12.0 Å². The molecule has 1 saturated carbocycles. The molecular weight excluding hydrogens is 470 g/mol. The van der Waals surface area contributed by atoms with Gasteiger partial charge in [0.05, 0.1) is 5.69 Å². The van der Waals surface area contributed by atoms with E-state index < -0.39 is 0 Å². The molecule has 36 heavy (non-hydrogen) atoms. The Kier molecular flexibility index (Phi) is 7.22. The normalized spacial score (nSPS) is 20.1. The highest BCUT2D eigenvalue weighted by atomic mass is 32.1. The van der Waals surface area contributed by atoms with E-state index in [1.807, 2.05) is 31.2 Å². The van der Waals surface area contributed by atoms with E-state index in [-0.39, 0.29) is 23.8 Å². The third-order valence-corrected chi connectivity index (χ3v) is 8.13. The summed E-state index contributed by atoms with van der Waals surface area (Å²) < 4.78 is 0. The SMILES string of the molecule is Cc1ccc2[nH]c(C(=O)[N+]#C[C@H]3CCCC[C@H]3NC(=O)c3nc4c(s3)CN(CC(C)C)CC4)cc2c1. The minimum atomic E-state index is -0.335. The number of hydrogen-bond acceptors (Lipinski definition) is 5. The van der Waals surface area contributed by atoms with Gasteiger partial charge in [0.2, 0.25) is 0 Å². The quantitative estimate of drug-likeness (QED) is 0.487. The average molecular weight is 505 g/mol. The molecule has 1 fully saturated rings. The Morgan fingerprint density at radius 2 is 2.11 bits per heavy atom. The second kappa shape index (κ2) is 10.5. The van der Waals surface area contributed by atoms with Crippen molar-refractivity contribution in [3.8, 4) is 6.07 Å². The number of aryl methyl sites for hydroxylation is 1. The lowest BCUT2D eigenvalue weighted by molar-refractivity contribution is 0.0917. The van der Waals surface area contributed by atoms with Crippen molar-refractivity contribution in [2.45, 2.75) is 65.5 Å². The van der Waals surface area contributed by atoms with Crippen LogP contribution in [-0.2, 0) is 13.0 Å². The first-order chi connectivity index (χ1) is 17.4. The van der Waals surface area contributed by atoms with Crippen LogP contribution in [0.5, 0.6) is 0 Å². The molecule has 3 aromatic rings. The Morgan fingerprint density at radius 1 is 1.28 bits per heavy atom. The predicted octanol–water partition coefficient (Wildman–Crippen LogP) is 5.41. The number of nitrogens with one attached hydrogen (secondary N) is 2. The zero-order chi connectivity index (χ0) is 25.2. The van der Waals surface area contributed by atoms with Gasteiger partial charge in [-0.2, -0.15) is 4.79 Å². The van der Waals surface area contributed by atoms with Crippen molar-refractivity contribution < 1.29 is 9.59 Å². The van der Waals surface area contributed by atoms with Crippen molar-refractivity contribution in [3.05, 3.63) is 55.9 Å². The second-order valence-electron chi connectivity index (χ2n) is 10.6. The summed E-state index contributed by atoms with van der Waals surface area (Å²) in [5.74, 6) is 0.0730. The van der Waals surface area contributed by atoms with Gasteiger partial charge in [-0.25, -0.2) is 4.98 Å². The molecule has 3 heterocycles. The molecule has 0 radical (unpaired) electrons. The van der Waals surface area contributed by atoms with Crippen molar-refractivity contribution in [1.82, 2.24) is 20.2 Å². The summed E-state index contributed by atoms with van der Waals surface area (Å²) in [6, 6.07) is 10.8. The number of rotatable bonds is 5. The molecule has 7 nitrogen and oxygen atoms in total. The van der Waals surface area contributed by atoms with Crippen LogP contribution in [0.3, 0.4) is 0 Å². The molecule has 2 aromatic heterocycles. The standard InChI is InChI=1S/C28H33N5O2S/c1-17(2)15-33-11-10-23-25(16-33)36-28(32-23)27(35)31-21-7-5-4-6-19(21)14-29-26(34)24-13-20-12-18(3)8-9-22(20)30-24/h8-9,12-13,17,19,21H,4-7,10-11,15-16H2,1-3H3,(H-,30,31,34,35)/p+1/t19-,21-/m1/s1. The highest BCUT2D eigenvalue weighted by Crippen LogP contribution is 2.28. The smallest absolute Gasteiger partial charge is 0.346 e. The third-order valence-electron chi connectivity index (χ3n) is 7.05. The first kappa shape index (κ1) is 24.7. The topological polar surface area (TPSA) is 82.4 Å². The third kappa shape index (κ3) is 5.53. The molecule has 2 aliphatic rings. The number of benzene rings is 1. The molecule has 0 spiro atoms. The van der Waals surface area contributed by atoms with Gasteiger partial charge in [-0.05, 0) is 43.9 Å². The fourth-order valence-corrected chi connectivity index (χ4v) is 6.33. The van der Waals surface area contributed by atoms with Crippen LogP contribution >= 0.6 is 11.3 Å². The van der Waals surface area contributed by atoms with Crippen LogP contribution < -0.4 is 5.32 Å². The summed E-state index contributed by atoms with van der Waals surface area (Å²) in [5.41, 5.74) is 3.59. The summed E-state index contributed by atoms with van der Waals surface area (Å²) >= 11 is 1.52. The van der Waals surface area contributed by atoms with E-state index in [9.17, 15) is 9.59 Å². The van der Waals surface area contributed by atoms with Gasteiger partial charge in [-0.3, -0.25) is 9.69 Å². The van der Waals surface area contributed by atoms with E-state index >= 15 is 0 Å². The number of thiazole rings is 1. The maximum absolute atomic E-state index is 13.1. The van der Waals surface area contributed by atoms with E-state index in [1.165, 1.54) is 16.2 Å². The minimum Gasteiger partial charge on any atom is -0.346 e. The van der Waals surface area contributed by atoms with Gasteiger partial charge in [0.1, 0.15) is 5.92 Å². The highest BCUT2D eigenvalue weighted by molar-refractivity contribution is 7.13. The maximum atomic E-state index is 13.1. The lowest BCUT2D eigenvalue weighted by Gasteiger charge is -2.27. The Morgan fingerprint density at radius 3 is 2.94 bits per heavy atom. The number of H-pyrrole nitrogens is 1. The first-order valence-electron chi connectivity index (χ1n) is 13.0. The van der Waals surface area contributed by atoms with Gasteiger partial charge >= 0.3 is 5.91 Å². The molecule has 1 aliphatic carbocycles. The zero-order valence-electron chi connectivity index (χ0n) is 21.3. The molecule has 0 bridgehead atoms. The van der Waals surface area contributed by atoms with Crippen LogP contribution in [0.15, 0.2) is 24.3 Å². The number of hydrogen-bond donors (Lipinski definition) is 2. The number of amides is 2. The first-order valence-corrected chi connectivity index (χ1v) is 13.8. The monoisotopic (exact) mass is 504 g/mol. The highest BCUT2D eigenvalue weighted by Gasteiger charge is 2.32. The lowest BCUT2D eigenvalue weighted by Crippen LogP contribution is -2.41. The van der Waals surface area contributed by atoms with E-state index in [0.29, 0.717) is 16.6 Å². The average Bonchev–Trinajstić information content (AvgIpc) is 3.46. The van der Waals surface area contributed by atoms with Crippen molar-refractivity contribution in [2.24, 2.45) is 11.8 Å². The van der Waals surface area contributed by atoms with E-state index in [2.05, 4.69) is 44.9 Å². The van der Waals surface area contributed by atoms with Crippen LogP contribution in [0.2, 0.25) is 0 Å². The van der Waals surface area contributed by atoms with Crippen molar-refractivity contribution in [1.29, 1.82) is 0 Å². The number of aromatic nitrogens is 2. The van der Waals surface area contributed by atoms with Crippen molar-refractivity contribution in [3.63, 3.8) is 0 Å². The maximum Gasteiger partial charge on any atom is 0.563 e. The lowest BCUT2D eigenvalue weighted by atomic mass is 9.85. The number of aromatic amines is 1. The fourth-order valence-electron chi connectivity index (χ4n) is 5.28. The number of carbonyl (C=O) groups excluding carboxylic acids is 2. The minimum absolute atomic E-state index is 0.0885.